The van der Waals surface area contributed by atoms with Gasteiger partial charge in [-0.15, -0.1) is 0 Å². The van der Waals surface area contributed by atoms with E-state index < -0.39 is 11.8 Å². The molecule has 20 heavy (non-hydrogen) atoms. The topological polar surface area (TPSA) is 52.3 Å². The lowest BCUT2D eigenvalue weighted by Gasteiger charge is -2.07. The molecule has 0 aromatic heterocycles. The molecule has 0 radical (unpaired) electrons. The third-order valence-electron chi connectivity index (χ3n) is 2.59. The van der Waals surface area contributed by atoms with Crippen LogP contribution in [0.15, 0.2) is 36.4 Å². The summed E-state index contributed by atoms with van der Waals surface area (Å²) in [5.74, 6) is -1.17. The maximum absolute atomic E-state index is 13.0. The monoisotopic (exact) mass is 313 g/mol. The van der Waals surface area contributed by atoms with E-state index in [0.29, 0.717) is 15.6 Å². The lowest BCUT2D eigenvalue weighted by atomic mass is 10.2. The largest absolute Gasteiger partial charge is 0.457 e. The Morgan fingerprint density at radius 2 is 1.90 bits per heavy atom. The number of anilines is 1. The Kier molecular flexibility index (Phi) is 4.47. The fourth-order valence-electron chi connectivity index (χ4n) is 1.53. The second-order valence-corrected chi connectivity index (χ2v) is 4.88. The van der Waals surface area contributed by atoms with Gasteiger partial charge in [-0.25, -0.2) is 9.18 Å². The molecule has 0 saturated heterocycles. The van der Waals surface area contributed by atoms with Crippen LogP contribution < -0.4 is 5.73 Å². The van der Waals surface area contributed by atoms with Crippen molar-refractivity contribution in [2.45, 2.75) is 6.61 Å². The Morgan fingerprint density at radius 3 is 2.55 bits per heavy atom. The van der Waals surface area contributed by atoms with E-state index in [4.69, 9.17) is 33.7 Å². The Balaban J connectivity index is 2.04. The fourth-order valence-corrected chi connectivity index (χ4v) is 1.85. The number of carbonyl (C=O) groups excluding carboxylic acids is 1. The summed E-state index contributed by atoms with van der Waals surface area (Å²) in [7, 11) is 0. The number of benzene rings is 2. The number of hydrogen-bond acceptors (Lipinski definition) is 3. The van der Waals surface area contributed by atoms with Gasteiger partial charge in [0.05, 0.1) is 21.3 Å². The zero-order chi connectivity index (χ0) is 14.7. The summed E-state index contributed by atoms with van der Waals surface area (Å²) >= 11 is 11.6. The molecule has 0 heterocycles. The predicted octanol–water partition coefficient (Wildman–Crippen LogP) is 4.07. The van der Waals surface area contributed by atoms with Crippen molar-refractivity contribution in [3.8, 4) is 0 Å². The Hall–Kier alpha value is -1.78. The number of carbonyl (C=O) groups is 1. The number of hydrogen-bond donors (Lipinski definition) is 1. The van der Waals surface area contributed by atoms with Gasteiger partial charge in [-0.05, 0) is 35.9 Å². The highest BCUT2D eigenvalue weighted by Crippen LogP contribution is 2.23. The van der Waals surface area contributed by atoms with Gasteiger partial charge in [0.2, 0.25) is 0 Å². The SMILES string of the molecule is Nc1cc(C(=O)OCc2ccc(Cl)c(Cl)c2)ccc1F. The van der Waals surface area contributed by atoms with Crippen LogP contribution in [0.25, 0.3) is 0 Å². The maximum atomic E-state index is 13.0. The van der Waals surface area contributed by atoms with Crippen LogP contribution in [-0.4, -0.2) is 5.97 Å². The second kappa shape index (κ2) is 6.11. The summed E-state index contributed by atoms with van der Waals surface area (Å²) in [6.45, 7) is 0.0347. The first-order chi connectivity index (χ1) is 9.47. The molecular weight excluding hydrogens is 304 g/mol. The minimum absolute atomic E-state index is 0.0347. The summed E-state index contributed by atoms with van der Waals surface area (Å²) in [5.41, 5.74) is 6.17. The lowest BCUT2D eigenvalue weighted by molar-refractivity contribution is 0.0472. The van der Waals surface area contributed by atoms with E-state index in [1.54, 1.807) is 18.2 Å². The first-order valence-corrected chi connectivity index (χ1v) is 6.39. The summed E-state index contributed by atoms with van der Waals surface area (Å²) in [6.07, 6.45) is 0. The van der Waals surface area contributed by atoms with Crippen LogP contribution in [0, 0.1) is 5.82 Å². The van der Waals surface area contributed by atoms with Gasteiger partial charge in [-0.1, -0.05) is 29.3 Å². The number of esters is 1. The number of nitrogens with two attached hydrogens (primary N) is 1. The summed E-state index contributed by atoms with van der Waals surface area (Å²) in [6, 6.07) is 8.57. The molecule has 2 aromatic carbocycles. The Labute approximate surface area is 125 Å². The van der Waals surface area contributed by atoms with Crippen molar-refractivity contribution in [3.05, 3.63) is 63.4 Å². The molecule has 0 spiro atoms. The van der Waals surface area contributed by atoms with Crippen molar-refractivity contribution in [1.82, 2.24) is 0 Å². The highest BCUT2D eigenvalue weighted by molar-refractivity contribution is 6.42. The van der Waals surface area contributed by atoms with Gasteiger partial charge in [-0.2, -0.15) is 0 Å². The molecule has 0 fully saturated rings. The van der Waals surface area contributed by atoms with Crippen molar-refractivity contribution < 1.29 is 13.9 Å². The molecule has 6 heteroatoms. The first kappa shape index (κ1) is 14.6. The molecule has 104 valence electrons. The average molecular weight is 314 g/mol. The van der Waals surface area contributed by atoms with E-state index in [9.17, 15) is 9.18 Å². The normalized spacial score (nSPS) is 10.3. The van der Waals surface area contributed by atoms with Crippen LogP contribution in [0.4, 0.5) is 10.1 Å². The Morgan fingerprint density at radius 1 is 1.15 bits per heavy atom. The fraction of sp³-hybridized carbons (Fsp3) is 0.0714. The van der Waals surface area contributed by atoms with Crippen molar-refractivity contribution in [2.24, 2.45) is 0 Å². The van der Waals surface area contributed by atoms with Crippen LogP contribution >= 0.6 is 23.2 Å². The minimum Gasteiger partial charge on any atom is -0.457 e. The van der Waals surface area contributed by atoms with Gasteiger partial charge < -0.3 is 10.5 Å². The number of ether oxygens (including phenoxy) is 1. The second-order valence-electron chi connectivity index (χ2n) is 4.06. The van der Waals surface area contributed by atoms with Crippen LogP contribution in [0.5, 0.6) is 0 Å². The standard InChI is InChI=1S/C14H10Cl2FNO2/c15-10-3-1-8(5-11(10)16)7-20-14(19)9-2-4-12(17)13(18)6-9/h1-6H,7,18H2. The molecule has 2 N–H and O–H groups in total. The maximum Gasteiger partial charge on any atom is 0.338 e. The third-order valence-corrected chi connectivity index (χ3v) is 3.32. The van der Waals surface area contributed by atoms with E-state index in [1.807, 2.05) is 0 Å². The molecule has 0 aliphatic heterocycles. The van der Waals surface area contributed by atoms with E-state index in [0.717, 1.165) is 6.07 Å². The molecule has 2 rings (SSSR count). The third kappa shape index (κ3) is 3.40. The van der Waals surface area contributed by atoms with Crippen LogP contribution in [-0.2, 0) is 11.3 Å². The number of halogens is 3. The van der Waals surface area contributed by atoms with Gasteiger partial charge in [-0.3, -0.25) is 0 Å². The van der Waals surface area contributed by atoms with Crippen LogP contribution in [0.1, 0.15) is 15.9 Å². The van der Waals surface area contributed by atoms with Crippen molar-refractivity contribution >= 4 is 34.9 Å². The average Bonchev–Trinajstić information content (AvgIpc) is 2.43. The molecule has 0 aliphatic rings. The molecule has 2 aromatic rings. The van der Waals surface area contributed by atoms with E-state index in [-0.39, 0.29) is 17.9 Å². The van der Waals surface area contributed by atoms with Crippen LogP contribution in [0.2, 0.25) is 10.0 Å². The quantitative estimate of drug-likeness (QED) is 0.686. The van der Waals surface area contributed by atoms with Gasteiger partial charge >= 0.3 is 5.97 Å². The van der Waals surface area contributed by atoms with Gasteiger partial charge in [0, 0.05) is 0 Å². The minimum atomic E-state index is -0.595. The zero-order valence-electron chi connectivity index (χ0n) is 10.2. The van der Waals surface area contributed by atoms with E-state index in [2.05, 4.69) is 0 Å². The van der Waals surface area contributed by atoms with Crippen molar-refractivity contribution in [3.63, 3.8) is 0 Å². The molecule has 0 aliphatic carbocycles. The van der Waals surface area contributed by atoms with Gasteiger partial charge in [0.15, 0.2) is 0 Å². The van der Waals surface area contributed by atoms with Crippen molar-refractivity contribution in [2.75, 3.05) is 5.73 Å². The molecule has 0 bridgehead atoms. The summed E-state index contributed by atoms with van der Waals surface area (Å²) in [5, 5.41) is 0.805. The molecule has 0 atom stereocenters. The molecular formula is C14H10Cl2FNO2. The van der Waals surface area contributed by atoms with Gasteiger partial charge in [0.1, 0.15) is 12.4 Å². The molecule has 3 nitrogen and oxygen atoms in total. The number of rotatable bonds is 3. The molecule has 0 amide bonds. The van der Waals surface area contributed by atoms with E-state index >= 15 is 0 Å². The van der Waals surface area contributed by atoms with Crippen molar-refractivity contribution in [1.29, 1.82) is 0 Å². The van der Waals surface area contributed by atoms with Crippen LogP contribution in [0.3, 0.4) is 0 Å². The highest BCUT2D eigenvalue weighted by atomic mass is 35.5. The van der Waals surface area contributed by atoms with E-state index in [1.165, 1.54) is 12.1 Å². The summed E-state index contributed by atoms with van der Waals surface area (Å²) in [4.78, 5) is 11.8. The number of nitrogen functional groups attached to an aromatic ring is 1. The Bertz CT molecular complexity index is 662. The smallest absolute Gasteiger partial charge is 0.338 e. The molecule has 0 unspecified atom stereocenters. The predicted molar refractivity (Wildman–Crippen MR) is 76.4 cm³/mol. The molecule has 0 saturated carbocycles. The van der Waals surface area contributed by atoms with Gasteiger partial charge in [0.25, 0.3) is 0 Å². The summed E-state index contributed by atoms with van der Waals surface area (Å²) < 4.78 is 18.1. The zero-order valence-corrected chi connectivity index (χ0v) is 11.7. The first-order valence-electron chi connectivity index (χ1n) is 5.63. The lowest BCUT2D eigenvalue weighted by Crippen LogP contribution is -2.06. The highest BCUT2D eigenvalue weighted by Gasteiger charge is 2.10.